The Morgan fingerprint density at radius 2 is 2.18 bits per heavy atom. The third-order valence-electron chi connectivity index (χ3n) is 4.33. The standard InChI is InChI=1S/C19H28N2O5S2/c1-4-26-19(25)13(8-12(2)3)20-14-11-28-16(15-6-5-7-27-15)9-21(18(14)24)10-17(22)23/h5-7,12-14,16,20H,4,8-11H2,1-3H3,(H,22,23). The van der Waals surface area contributed by atoms with Crippen LogP contribution >= 0.6 is 23.1 Å². The molecule has 0 aromatic carbocycles. The van der Waals surface area contributed by atoms with Gasteiger partial charge in [0.2, 0.25) is 5.91 Å². The molecule has 7 nitrogen and oxygen atoms in total. The van der Waals surface area contributed by atoms with Crippen LogP contribution in [0.25, 0.3) is 0 Å². The number of hydrogen-bond donors (Lipinski definition) is 2. The highest BCUT2D eigenvalue weighted by Gasteiger charge is 2.36. The predicted molar refractivity (Wildman–Crippen MR) is 111 cm³/mol. The van der Waals surface area contributed by atoms with Crippen molar-refractivity contribution in [2.75, 3.05) is 25.4 Å². The van der Waals surface area contributed by atoms with Crippen molar-refractivity contribution in [3.63, 3.8) is 0 Å². The van der Waals surface area contributed by atoms with E-state index in [0.29, 0.717) is 18.7 Å². The fraction of sp³-hybridized carbons (Fsp3) is 0.632. The first-order valence-corrected chi connectivity index (χ1v) is 11.3. The van der Waals surface area contributed by atoms with Gasteiger partial charge in [-0.15, -0.1) is 23.1 Å². The van der Waals surface area contributed by atoms with Crippen molar-refractivity contribution < 1.29 is 24.2 Å². The lowest BCUT2D eigenvalue weighted by Gasteiger charge is -2.27. The van der Waals surface area contributed by atoms with Crippen LogP contribution in [0.2, 0.25) is 0 Å². The van der Waals surface area contributed by atoms with E-state index in [1.165, 1.54) is 4.90 Å². The second-order valence-electron chi connectivity index (χ2n) is 7.10. The van der Waals surface area contributed by atoms with Gasteiger partial charge in [0.15, 0.2) is 0 Å². The second-order valence-corrected chi connectivity index (χ2v) is 9.32. The molecule has 1 aliphatic rings. The number of ether oxygens (including phenoxy) is 1. The van der Waals surface area contributed by atoms with Gasteiger partial charge in [0.25, 0.3) is 0 Å². The Hall–Kier alpha value is -1.58. The quantitative estimate of drug-likeness (QED) is 0.583. The number of carboxylic acids is 1. The number of carboxylic acid groups (broad SMARTS) is 1. The van der Waals surface area contributed by atoms with Crippen LogP contribution in [-0.4, -0.2) is 65.4 Å². The van der Waals surface area contributed by atoms with Gasteiger partial charge in [-0.3, -0.25) is 19.7 Å². The average Bonchev–Trinajstić information content (AvgIpc) is 3.11. The Morgan fingerprint density at radius 3 is 2.75 bits per heavy atom. The van der Waals surface area contributed by atoms with Crippen LogP contribution < -0.4 is 5.32 Å². The lowest BCUT2D eigenvalue weighted by atomic mass is 10.0. The van der Waals surface area contributed by atoms with E-state index in [9.17, 15) is 19.5 Å². The van der Waals surface area contributed by atoms with Crippen molar-refractivity contribution in [2.45, 2.75) is 44.5 Å². The van der Waals surface area contributed by atoms with E-state index in [1.54, 1.807) is 30.0 Å². The van der Waals surface area contributed by atoms with Crippen molar-refractivity contribution in [1.82, 2.24) is 10.2 Å². The first-order chi connectivity index (χ1) is 13.3. The molecule has 1 aromatic rings. The van der Waals surface area contributed by atoms with Crippen LogP contribution in [0.15, 0.2) is 17.5 Å². The fourth-order valence-electron chi connectivity index (χ4n) is 3.11. The fourth-order valence-corrected chi connectivity index (χ4v) is 5.37. The minimum absolute atomic E-state index is 0.0150. The molecule has 2 heterocycles. The number of thiophene rings is 1. The van der Waals surface area contributed by atoms with Crippen molar-refractivity contribution in [3.05, 3.63) is 22.4 Å². The van der Waals surface area contributed by atoms with Crippen LogP contribution in [0.5, 0.6) is 0 Å². The molecule has 0 radical (unpaired) electrons. The lowest BCUT2D eigenvalue weighted by molar-refractivity contribution is -0.148. The number of hydrogen-bond acceptors (Lipinski definition) is 7. The molecule has 0 aliphatic carbocycles. The molecule has 9 heteroatoms. The minimum atomic E-state index is -1.05. The van der Waals surface area contributed by atoms with Crippen molar-refractivity contribution in [3.8, 4) is 0 Å². The van der Waals surface area contributed by atoms with Crippen LogP contribution in [0.1, 0.15) is 37.3 Å². The molecule has 3 unspecified atom stereocenters. The molecule has 1 aliphatic heterocycles. The minimum Gasteiger partial charge on any atom is -0.480 e. The Labute approximate surface area is 173 Å². The highest BCUT2D eigenvalue weighted by Crippen LogP contribution is 2.35. The average molecular weight is 429 g/mol. The number of esters is 1. The maximum absolute atomic E-state index is 13.0. The van der Waals surface area contributed by atoms with Crippen LogP contribution in [0, 0.1) is 5.92 Å². The zero-order valence-corrected chi connectivity index (χ0v) is 18.1. The highest BCUT2D eigenvalue weighted by atomic mass is 32.2. The summed E-state index contributed by atoms with van der Waals surface area (Å²) in [4.78, 5) is 39.2. The van der Waals surface area contributed by atoms with E-state index in [0.717, 1.165) is 4.88 Å². The summed E-state index contributed by atoms with van der Waals surface area (Å²) in [5, 5.41) is 14.4. The van der Waals surface area contributed by atoms with E-state index in [1.807, 2.05) is 31.4 Å². The summed E-state index contributed by atoms with van der Waals surface area (Å²) in [5.41, 5.74) is 0. The normalized spacial score (nSPS) is 21.4. The van der Waals surface area contributed by atoms with Crippen LogP contribution in [0.4, 0.5) is 0 Å². The molecule has 0 spiro atoms. The third kappa shape index (κ3) is 6.49. The Morgan fingerprint density at radius 1 is 1.43 bits per heavy atom. The molecule has 2 rings (SSSR count). The lowest BCUT2D eigenvalue weighted by Crippen LogP contribution is -2.54. The Kier molecular flexibility index (Phi) is 8.78. The number of carbonyl (C=O) groups is 3. The van der Waals surface area contributed by atoms with Crippen LogP contribution in [-0.2, 0) is 19.1 Å². The zero-order valence-electron chi connectivity index (χ0n) is 16.4. The highest BCUT2D eigenvalue weighted by molar-refractivity contribution is 7.99. The molecule has 0 bridgehead atoms. The van der Waals surface area contributed by atoms with Crippen LogP contribution in [0.3, 0.4) is 0 Å². The number of rotatable bonds is 9. The van der Waals surface area contributed by atoms with E-state index in [4.69, 9.17) is 4.74 Å². The molecule has 156 valence electrons. The smallest absolute Gasteiger partial charge is 0.323 e. The van der Waals surface area contributed by atoms with Gasteiger partial charge in [-0.1, -0.05) is 19.9 Å². The predicted octanol–water partition coefficient (Wildman–Crippen LogP) is 2.39. The molecule has 3 atom stereocenters. The third-order valence-corrected chi connectivity index (χ3v) is 6.79. The number of aliphatic carboxylic acids is 1. The molecular formula is C19H28N2O5S2. The van der Waals surface area contributed by atoms with Crippen molar-refractivity contribution in [1.29, 1.82) is 0 Å². The largest absolute Gasteiger partial charge is 0.480 e. The number of thioether (sulfide) groups is 1. The van der Waals surface area contributed by atoms with E-state index in [2.05, 4.69) is 5.32 Å². The second kappa shape index (κ2) is 10.8. The Bertz CT molecular complexity index is 665. The van der Waals surface area contributed by atoms with Crippen molar-refractivity contribution in [2.24, 2.45) is 5.92 Å². The van der Waals surface area contributed by atoms with Gasteiger partial charge < -0.3 is 14.7 Å². The number of carbonyl (C=O) groups excluding carboxylic acids is 2. The first kappa shape index (κ1) is 22.7. The zero-order chi connectivity index (χ0) is 20.7. The van der Waals surface area contributed by atoms with Gasteiger partial charge in [0.05, 0.1) is 17.9 Å². The van der Waals surface area contributed by atoms with Gasteiger partial charge in [0.1, 0.15) is 12.6 Å². The summed E-state index contributed by atoms with van der Waals surface area (Å²) in [6, 6.07) is 2.71. The maximum Gasteiger partial charge on any atom is 0.323 e. The summed E-state index contributed by atoms with van der Waals surface area (Å²) in [6.07, 6.45) is 0.542. The Balaban J connectivity index is 2.19. The van der Waals surface area contributed by atoms with Gasteiger partial charge in [0, 0.05) is 17.2 Å². The maximum atomic E-state index is 13.0. The van der Waals surface area contributed by atoms with E-state index >= 15 is 0 Å². The molecule has 1 fully saturated rings. The molecule has 0 saturated carbocycles. The van der Waals surface area contributed by atoms with Gasteiger partial charge in [-0.2, -0.15) is 0 Å². The molecule has 28 heavy (non-hydrogen) atoms. The first-order valence-electron chi connectivity index (χ1n) is 9.40. The summed E-state index contributed by atoms with van der Waals surface area (Å²) in [7, 11) is 0. The summed E-state index contributed by atoms with van der Waals surface area (Å²) in [6.45, 7) is 6.00. The van der Waals surface area contributed by atoms with Crippen molar-refractivity contribution >= 4 is 40.9 Å². The SMILES string of the molecule is CCOC(=O)C(CC(C)C)NC1CSC(c2cccs2)CN(CC(=O)O)C1=O. The number of amides is 1. The molecule has 1 amide bonds. The number of nitrogens with zero attached hydrogens (tertiary/aromatic N) is 1. The van der Waals surface area contributed by atoms with Gasteiger partial charge in [-0.25, -0.2) is 0 Å². The monoisotopic (exact) mass is 428 g/mol. The van der Waals surface area contributed by atoms with Gasteiger partial charge >= 0.3 is 11.9 Å². The van der Waals surface area contributed by atoms with Gasteiger partial charge in [-0.05, 0) is 30.7 Å². The summed E-state index contributed by atoms with van der Waals surface area (Å²) >= 11 is 3.21. The molecule has 1 aromatic heterocycles. The summed E-state index contributed by atoms with van der Waals surface area (Å²) in [5.74, 6) is -1.01. The molecular weight excluding hydrogens is 400 g/mol. The number of nitrogens with one attached hydrogen (secondary N) is 1. The topological polar surface area (TPSA) is 95.9 Å². The van der Waals surface area contributed by atoms with E-state index in [-0.39, 0.29) is 36.2 Å². The molecule has 1 saturated heterocycles. The molecule has 2 N–H and O–H groups in total. The summed E-state index contributed by atoms with van der Waals surface area (Å²) < 4.78 is 5.16. The van der Waals surface area contributed by atoms with E-state index < -0.39 is 18.1 Å².